The number of halogens is 3. The predicted molar refractivity (Wildman–Crippen MR) is 103 cm³/mol. The van der Waals surface area contributed by atoms with E-state index < -0.39 is 23.8 Å². The SMILES string of the molecule is COC(=O)OC1=C(C)Nc2ccnc(OC(C)C)c2C1c1ccccc1C(F)(F)F. The number of nitrogens with one attached hydrogen (secondary N) is 1. The van der Waals surface area contributed by atoms with Crippen molar-refractivity contribution >= 4 is 11.8 Å². The average molecular weight is 422 g/mol. The van der Waals surface area contributed by atoms with E-state index in [9.17, 15) is 18.0 Å². The summed E-state index contributed by atoms with van der Waals surface area (Å²) in [4.78, 5) is 16.1. The molecule has 1 aliphatic heterocycles. The summed E-state index contributed by atoms with van der Waals surface area (Å²) in [5.74, 6) is -0.969. The fourth-order valence-electron chi connectivity index (χ4n) is 3.34. The second kappa shape index (κ2) is 8.25. The lowest BCUT2D eigenvalue weighted by Crippen LogP contribution is -2.25. The van der Waals surface area contributed by atoms with Gasteiger partial charge in [-0.05, 0) is 38.5 Å². The first-order chi connectivity index (χ1) is 14.1. The van der Waals surface area contributed by atoms with Crippen molar-refractivity contribution in [3.63, 3.8) is 0 Å². The molecule has 0 saturated heterocycles. The lowest BCUT2D eigenvalue weighted by atomic mass is 9.83. The number of carbonyl (C=O) groups is 1. The number of fused-ring (bicyclic) bond motifs is 1. The van der Waals surface area contributed by atoms with Crippen LogP contribution in [0.5, 0.6) is 5.88 Å². The summed E-state index contributed by atoms with van der Waals surface area (Å²) in [5, 5.41) is 3.06. The summed E-state index contributed by atoms with van der Waals surface area (Å²) in [6.07, 6.45) is -4.44. The van der Waals surface area contributed by atoms with Crippen LogP contribution in [-0.2, 0) is 15.7 Å². The number of carbonyl (C=O) groups excluding carboxylic acids is 1. The Morgan fingerprint density at radius 3 is 2.53 bits per heavy atom. The van der Waals surface area contributed by atoms with Gasteiger partial charge in [-0.1, -0.05) is 18.2 Å². The van der Waals surface area contributed by atoms with Gasteiger partial charge < -0.3 is 19.5 Å². The van der Waals surface area contributed by atoms with Gasteiger partial charge >= 0.3 is 12.3 Å². The normalized spacial score (nSPS) is 16.1. The van der Waals surface area contributed by atoms with Crippen LogP contribution in [0.1, 0.15) is 43.4 Å². The van der Waals surface area contributed by atoms with E-state index in [-0.39, 0.29) is 23.3 Å². The van der Waals surface area contributed by atoms with Crippen LogP contribution in [0.2, 0.25) is 0 Å². The van der Waals surface area contributed by atoms with E-state index in [2.05, 4.69) is 15.0 Å². The second-order valence-corrected chi connectivity index (χ2v) is 6.93. The minimum atomic E-state index is -4.62. The van der Waals surface area contributed by atoms with Gasteiger partial charge in [0.25, 0.3) is 0 Å². The fraction of sp³-hybridized carbons (Fsp3) is 0.333. The zero-order valence-corrected chi connectivity index (χ0v) is 16.8. The molecule has 6 nitrogen and oxygen atoms in total. The van der Waals surface area contributed by atoms with Crippen molar-refractivity contribution < 1.29 is 32.2 Å². The molecule has 2 aromatic rings. The van der Waals surface area contributed by atoms with E-state index >= 15 is 0 Å². The molecule has 160 valence electrons. The van der Waals surface area contributed by atoms with E-state index in [1.807, 2.05) is 0 Å². The predicted octanol–water partition coefficient (Wildman–Crippen LogP) is 5.46. The van der Waals surface area contributed by atoms with Crippen LogP contribution in [0.25, 0.3) is 0 Å². The van der Waals surface area contributed by atoms with Crippen molar-refractivity contribution in [2.45, 2.75) is 39.0 Å². The second-order valence-electron chi connectivity index (χ2n) is 6.93. The maximum Gasteiger partial charge on any atom is 0.513 e. The molecule has 0 spiro atoms. The van der Waals surface area contributed by atoms with Gasteiger partial charge in [-0.2, -0.15) is 13.2 Å². The molecular formula is C21H21F3N2O4. The number of aromatic nitrogens is 1. The molecule has 1 aliphatic rings. The molecule has 0 aliphatic carbocycles. The lowest BCUT2D eigenvalue weighted by molar-refractivity contribution is -0.138. The number of alkyl halides is 3. The largest absolute Gasteiger partial charge is 0.513 e. The van der Waals surface area contributed by atoms with Crippen LogP contribution >= 0.6 is 0 Å². The summed E-state index contributed by atoms with van der Waals surface area (Å²) in [7, 11) is 1.12. The van der Waals surface area contributed by atoms with Crippen molar-refractivity contribution in [2.24, 2.45) is 0 Å². The number of methoxy groups -OCH3 is 1. The first-order valence-corrected chi connectivity index (χ1v) is 9.18. The van der Waals surface area contributed by atoms with Crippen molar-refractivity contribution in [2.75, 3.05) is 12.4 Å². The first kappa shape index (κ1) is 21.5. The van der Waals surface area contributed by atoms with E-state index in [0.717, 1.165) is 13.2 Å². The molecule has 1 unspecified atom stereocenters. The van der Waals surface area contributed by atoms with Gasteiger partial charge in [-0.3, -0.25) is 0 Å². The smallest absolute Gasteiger partial charge is 0.475 e. The highest BCUT2D eigenvalue weighted by Crippen LogP contribution is 2.48. The van der Waals surface area contributed by atoms with Crippen molar-refractivity contribution in [1.29, 1.82) is 0 Å². The third-order valence-electron chi connectivity index (χ3n) is 4.48. The number of hydrogen-bond acceptors (Lipinski definition) is 6. The van der Waals surface area contributed by atoms with Gasteiger partial charge in [0.15, 0.2) is 0 Å². The van der Waals surface area contributed by atoms with Crippen LogP contribution in [0, 0.1) is 0 Å². The van der Waals surface area contributed by atoms with Crippen LogP contribution in [0.15, 0.2) is 48.0 Å². The molecular weight excluding hydrogens is 401 g/mol. The lowest BCUT2D eigenvalue weighted by Gasteiger charge is -2.32. The molecule has 0 fully saturated rings. The van der Waals surface area contributed by atoms with E-state index in [4.69, 9.17) is 9.47 Å². The third-order valence-corrected chi connectivity index (χ3v) is 4.48. The molecule has 2 heterocycles. The summed E-state index contributed by atoms with van der Waals surface area (Å²) in [6, 6.07) is 6.77. The van der Waals surface area contributed by atoms with E-state index in [1.54, 1.807) is 26.8 Å². The van der Waals surface area contributed by atoms with Gasteiger partial charge in [0.05, 0.1) is 36.0 Å². The van der Waals surface area contributed by atoms with E-state index in [1.165, 1.54) is 24.4 Å². The molecule has 3 rings (SSSR count). The molecule has 1 N–H and O–H groups in total. The van der Waals surface area contributed by atoms with Gasteiger partial charge in [-0.25, -0.2) is 9.78 Å². The number of benzene rings is 1. The quantitative estimate of drug-likeness (QED) is 0.660. The summed E-state index contributed by atoms with van der Waals surface area (Å²) in [6.45, 7) is 5.17. The Hall–Kier alpha value is -3.23. The molecule has 0 bridgehead atoms. The van der Waals surface area contributed by atoms with Crippen molar-refractivity contribution in [3.05, 3.63) is 64.7 Å². The van der Waals surface area contributed by atoms with Gasteiger partial charge in [0.2, 0.25) is 5.88 Å². The number of nitrogens with zero attached hydrogens (tertiary/aromatic N) is 1. The third kappa shape index (κ3) is 4.19. The van der Waals surface area contributed by atoms with Gasteiger partial charge in [0, 0.05) is 11.9 Å². The molecule has 0 amide bonds. The van der Waals surface area contributed by atoms with Gasteiger partial charge in [-0.15, -0.1) is 0 Å². The maximum atomic E-state index is 13.8. The van der Waals surface area contributed by atoms with E-state index in [0.29, 0.717) is 16.9 Å². The number of rotatable bonds is 4. The van der Waals surface area contributed by atoms with Crippen molar-refractivity contribution in [1.82, 2.24) is 4.98 Å². The standard InChI is InChI=1S/C21H21F3N2O4/c1-11(2)29-19-17-15(9-10-25-19)26-12(3)18(30-20(27)28-4)16(17)13-7-5-6-8-14(13)21(22,23)24/h5-11,16,26H,1-4H3. The molecule has 30 heavy (non-hydrogen) atoms. The number of hydrogen-bond donors (Lipinski definition) is 1. The Morgan fingerprint density at radius 2 is 1.90 bits per heavy atom. The number of pyridine rings is 1. The van der Waals surface area contributed by atoms with Crippen molar-refractivity contribution in [3.8, 4) is 5.88 Å². The highest BCUT2D eigenvalue weighted by Gasteiger charge is 2.41. The zero-order chi connectivity index (χ0) is 22.1. The summed E-state index contributed by atoms with van der Waals surface area (Å²) in [5.41, 5.74) is 0.287. The van der Waals surface area contributed by atoms with Crippen LogP contribution in [0.3, 0.4) is 0 Å². The molecule has 1 aromatic heterocycles. The Bertz CT molecular complexity index is 986. The molecule has 1 atom stereocenters. The van der Waals surface area contributed by atoms with Crippen LogP contribution < -0.4 is 10.1 Å². The maximum absolute atomic E-state index is 13.8. The number of anilines is 1. The zero-order valence-electron chi connectivity index (χ0n) is 16.8. The Labute approximate surface area is 171 Å². The first-order valence-electron chi connectivity index (χ1n) is 9.18. The molecule has 9 heteroatoms. The molecule has 1 aromatic carbocycles. The van der Waals surface area contributed by atoms with Crippen LogP contribution in [0.4, 0.5) is 23.7 Å². The molecule has 0 saturated carbocycles. The Balaban J connectivity index is 2.30. The molecule has 0 radical (unpaired) electrons. The van der Waals surface area contributed by atoms with Gasteiger partial charge in [0.1, 0.15) is 5.76 Å². The monoisotopic (exact) mass is 422 g/mol. The van der Waals surface area contributed by atoms with Crippen LogP contribution in [-0.4, -0.2) is 24.4 Å². The number of allylic oxidation sites excluding steroid dienone is 2. The minimum Gasteiger partial charge on any atom is -0.475 e. The highest BCUT2D eigenvalue weighted by atomic mass is 19.4. The Kier molecular flexibility index (Phi) is 5.91. The summed E-state index contributed by atoms with van der Waals surface area (Å²) < 4.78 is 57.2. The average Bonchev–Trinajstić information content (AvgIpc) is 2.67. The topological polar surface area (TPSA) is 69.7 Å². The number of ether oxygens (including phenoxy) is 3. The fourth-order valence-corrected chi connectivity index (χ4v) is 3.34. The Morgan fingerprint density at radius 1 is 1.20 bits per heavy atom. The minimum absolute atomic E-state index is 0.0207. The summed E-state index contributed by atoms with van der Waals surface area (Å²) >= 11 is 0. The highest BCUT2D eigenvalue weighted by molar-refractivity contribution is 5.70.